The topological polar surface area (TPSA) is 29.5 Å². The smallest absolute Gasteiger partial charge is 0.257 e. The number of methoxy groups -OCH3 is 1. The highest BCUT2D eigenvalue weighted by atomic mass is 79.9. The second-order valence-electron chi connectivity index (χ2n) is 7.46. The van der Waals surface area contributed by atoms with Gasteiger partial charge in [0.15, 0.2) is 0 Å². The van der Waals surface area contributed by atoms with E-state index in [-0.39, 0.29) is 11.9 Å². The van der Waals surface area contributed by atoms with Gasteiger partial charge in [0, 0.05) is 17.6 Å². The molecule has 0 saturated heterocycles. The van der Waals surface area contributed by atoms with Crippen LogP contribution in [0.5, 0.6) is 5.75 Å². The maximum Gasteiger partial charge on any atom is 0.257 e. The van der Waals surface area contributed by atoms with Crippen molar-refractivity contribution >= 4 is 21.8 Å². The minimum absolute atomic E-state index is 0.0507. The van der Waals surface area contributed by atoms with Crippen LogP contribution in [0.1, 0.15) is 52.2 Å². The molecule has 1 unspecified atom stereocenters. The lowest BCUT2D eigenvalue weighted by atomic mass is 9.87. The molecule has 1 fully saturated rings. The summed E-state index contributed by atoms with van der Waals surface area (Å²) in [4.78, 5) is 15.0. The lowest BCUT2D eigenvalue weighted by molar-refractivity contribution is 0.0715. The van der Waals surface area contributed by atoms with Gasteiger partial charge in [-0.25, -0.2) is 0 Å². The highest BCUT2D eigenvalue weighted by molar-refractivity contribution is 9.10. The first kappa shape index (κ1) is 17.6. The summed E-state index contributed by atoms with van der Waals surface area (Å²) in [5.74, 6) is 1.40. The number of benzene rings is 2. The van der Waals surface area contributed by atoms with Gasteiger partial charge in [0.25, 0.3) is 5.91 Å². The van der Waals surface area contributed by atoms with Crippen LogP contribution < -0.4 is 4.74 Å². The van der Waals surface area contributed by atoms with E-state index in [0.29, 0.717) is 17.2 Å². The summed E-state index contributed by atoms with van der Waals surface area (Å²) in [6, 6.07) is 12.8. The van der Waals surface area contributed by atoms with E-state index in [1.807, 2.05) is 24.1 Å². The van der Waals surface area contributed by atoms with Crippen LogP contribution >= 0.6 is 15.9 Å². The molecule has 26 heavy (non-hydrogen) atoms. The quantitative estimate of drug-likeness (QED) is 0.708. The predicted molar refractivity (Wildman–Crippen MR) is 107 cm³/mol. The summed E-state index contributed by atoms with van der Waals surface area (Å²) in [6.07, 6.45) is 5.40. The highest BCUT2D eigenvalue weighted by Crippen LogP contribution is 2.41. The Balaban J connectivity index is 1.54. The summed E-state index contributed by atoms with van der Waals surface area (Å²) in [5, 5.41) is 0. The van der Waals surface area contributed by atoms with E-state index in [9.17, 15) is 4.79 Å². The zero-order valence-electron chi connectivity index (χ0n) is 15.3. The Morgan fingerprint density at radius 2 is 1.92 bits per heavy atom. The Kier molecular flexibility index (Phi) is 4.78. The second-order valence-corrected chi connectivity index (χ2v) is 8.38. The van der Waals surface area contributed by atoms with Crippen LogP contribution in [-0.4, -0.2) is 31.0 Å². The van der Waals surface area contributed by atoms with E-state index < -0.39 is 0 Å². The van der Waals surface area contributed by atoms with Crippen molar-refractivity contribution in [2.45, 2.75) is 44.1 Å². The largest absolute Gasteiger partial charge is 0.496 e. The molecule has 2 aromatic rings. The molecule has 3 nitrogen and oxygen atoms in total. The molecular weight excluding hydrogens is 390 g/mol. The van der Waals surface area contributed by atoms with E-state index in [1.54, 1.807) is 7.11 Å². The molecule has 136 valence electrons. The zero-order chi connectivity index (χ0) is 18.3. The van der Waals surface area contributed by atoms with Gasteiger partial charge in [-0.2, -0.15) is 0 Å². The van der Waals surface area contributed by atoms with Crippen LogP contribution in [-0.2, 0) is 12.8 Å². The average Bonchev–Trinajstić information content (AvgIpc) is 3.51. The number of amides is 1. The zero-order valence-corrected chi connectivity index (χ0v) is 16.9. The number of halogens is 1. The molecule has 2 aliphatic rings. The van der Waals surface area contributed by atoms with Crippen molar-refractivity contribution < 1.29 is 9.53 Å². The molecule has 1 saturated carbocycles. The number of likely N-dealkylation sites (N-methyl/N-ethyl adjacent to an activating group) is 1. The molecule has 0 N–H and O–H groups in total. The number of nitrogens with zero attached hydrogens (tertiary/aromatic N) is 1. The van der Waals surface area contributed by atoms with Crippen LogP contribution in [0.2, 0.25) is 0 Å². The Hall–Kier alpha value is -1.81. The van der Waals surface area contributed by atoms with E-state index in [4.69, 9.17) is 4.74 Å². The molecule has 1 atom stereocenters. The summed E-state index contributed by atoms with van der Waals surface area (Å²) in [7, 11) is 3.57. The number of carbonyl (C=O) groups is 1. The molecule has 0 radical (unpaired) electrons. The third-order valence-electron chi connectivity index (χ3n) is 5.74. The molecule has 0 aromatic heterocycles. The minimum Gasteiger partial charge on any atom is -0.496 e. The number of hydrogen-bond donors (Lipinski definition) is 0. The normalized spacial score (nSPS) is 19.0. The fourth-order valence-electron chi connectivity index (χ4n) is 3.95. The third-order valence-corrected chi connectivity index (χ3v) is 6.24. The van der Waals surface area contributed by atoms with Crippen molar-refractivity contribution in [3.05, 3.63) is 63.1 Å². The lowest BCUT2D eigenvalue weighted by Crippen LogP contribution is -2.40. The van der Waals surface area contributed by atoms with Gasteiger partial charge in [0.05, 0.1) is 12.7 Å². The van der Waals surface area contributed by atoms with Crippen molar-refractivity contribution in [1.29, 1.82) is 0 Å². The van der Waals surface area contributed by atoms with Crippen molar-refractivity contribution in [2.75, 3.05) is 14.2 Å². The van der Waals surface area contributed by atoms with Crippen LogP contribution in [0, 0.1) is 0 Å². The van der Waals surface area contributed by atoms with Crippen LogP contribution in [0.4, 0.5) is 0 Å². The Morgan fingerprint density at radius 1 is 1.12 bits per heavy atom. The second kappa shape index (κ2) is 7.07. The molecule has 2 aliphatic carbocycles. The average molecular weight is 414 g/mol. The minimum atomic E-state index is 0.0507. The van der Waals surface area contributed by atoms with Gasteiger partial charge in [0.1, 0.15) is 5.75 Å². The molecule has 0 spiro atoms. The summed E-state index contributed by atoms with van der Waals surface area (Å²) < 4.78 is 6.66. The number of ether oxygens (including phenoxy) is 1. The fourth-order valence-corrected chi connectivity index (χ4v) is 4.35. The molecule has 2 aromatic carbocycles. The molecular formula is C22H24BrNO2. The molecule has 0 heterocycles. The summed E-state index contributed by atoms with van der Waals surface area (Å²) in [5.41, 5.74) is 4.70. The third kappa shape index (κ3) is 3.39. The van der Waals surface area contributed by atoms with E-state index in [0.717, 1.165) is 23.7 Å². The maximum absolute atomic E-state index is 13.1. The van der Waals surface area contributed by atoms with Crippen molar-refractivity contribution in [1.82, 2.24) is 4.90 Å². The van der Waals surface area contributed by atoms with E-state index >= 15 is 0 Å². The number of fused-ring (bicyclic) bond motifs is 1. The van der Waals surface area contributed by atoms with Crippen LogP contribution in [0.25, 0.3) is 0 Å². The van der Waals surface area contributed by atoms with Gasteiger partial charge in [-0.15, -0.1) is 0 Å². The molecule has 4 rings (SSSR count). The van der Waals surface area contributed by atoms with E-state index in [2.05, 4.69) is 40.2 Å². The Morgan fingerprint density at radius 3 is 2.65 bits per heavy atom. The maximum atomic E-state index is 13.1. The first-order valence-corrected chi connectivity index (χ1v) is 10.1. The van der Waals surface area contributed by atoms with Gasteiger partial charge >= 0.3 is 0 Å². The van der Waals surface area contributed by atoms with Crippen molar-refractivity contribution in [3.8, 4) is 5.75 Å². The fraction of sp³-hybridized carbons (Fsp3) is 0.409. The molecule has 1 amide bonds. The molecule has 0 aliphatic heterocycles. The lowest BCUT2D eigenvalue weighted by Gasteiger charge is -2.33. The van der Waals surface area contributed by atoms with Gasteiger partial charge in [0.2, 0.25) is 0 Å². The van der Waals surface area contributed by atoms with E-state index in [1.165, 1.54) is 29.5 Å². The first-order valence-electron chi connectivity index (χ1n) is 9.29. The number of aryl methyl sites for hydroxylation is 1. The highest BCUT2D eigenvalue weighted by Gasteiger charge is 2.29. The standard InChI is InChI=1S/C22H24BrNO2/c1-24(19-9-6-15-11-18(23)8-5-16(15)12-19)22(25)20-10-7-17(14-3-4-14)13-21(20)26-2/h5,7-8,10-11,13-14,19H,3-4,6,9,12H2,1-2H3. The van der Waals surface area contributed by atoms with Crippen molar-refractivity contribution in [2.24, 2.45) is 0 Å². The number of carbonyl (C=O) groups excluding carboxylic acids is 1. The molecule has 4 heteroatoms. The Bertz CT molecular complexity index is 844. The number of hydrogen-bond acceptors (Lipinski definition) is 2. The van der Waals surface area contributed by atoms with Gasteiger partial charge in [-0.05, 0) is 79.0 Å². The summed E-state index contributed by atoms with van der Waals surface area (Å²) in [6.45, 7) is 0. The SMILES string of the molecule is COc1cc(C2CC2)ccc1C(=O)N(C)C1CCc2cc(Br)ccc2C1. The number of rotatable bonds is 4. The summed E-state index contributed by atoms with van der Waals surface area (Å²) >= 11 is 3.55. The van der Waals surface area contributed by atoms with Crippen LogP contribution in [0.15, 0.2) is 40.9 Å². The van der Waals surface area contributed by atoms with Gasteiger partial charge in [-0.1, -0.05) is 28.1 Å². The predicted octanol–water partition coefficient (Wildman–Crippen LogP) is 4.96. The van der Waals surface area contributed by atoms with Gasteiger partial charge in [-0.3, -0.25) is 4.79 Å². The van der Waals surface area contributed by atoms with Crippen LogP contribution in [0.3, 0.4) is 0 Å². The van der Waals surface area contributed by atoms with Gasteiger partial charge < -0.3 is 9.64 Å². The Labute approximate surface area is 163 Å². The first-order chi connectivity index (χ1) is 12.6. The van der Waals surface area contributed by atoms with Crippen molar-refractivity contribution in [3.63, 3.8) is 0 Å². The monoisotopic (exact) mass is 413 g/mol. The molecule has 0 bridgehead atoms.